The number of anilines is 1. The van der Waals surface area contributed by atoms with Gasteiger partial charge in [0.15, 0.2) is 0 Å². The maximum Gasteiger partial charge on any atom is 0.224 e. The van der Waals surface area contributed by atoms with E-state index in [2.05, 4.69) is 26.3 Å². The third-order valence-electron chi connectivity index (χ3n) is 4.78. The number of aromatic nitrogens is 4. The van der Waals surface area contributed by atoms with Gasteiger partial charge in [0, 0.05) is 30.6 Å². The second kappa shape index (κ2) is 9.21. The third-order valence-corrected chi connectivity index (χ3v) is 4.78. The van der Waals surface area contributed by atoms with Crippen molar-refractivity contribution < 1.29 is 9.53 Å². The van der Waals surface area contributed by atoms with E-state index in [4.69, 9.17) is 4.74 Å². The standard InChI is InChI=1S/C24H23N5O2/c1-17-4-3-5-19(14-17)6-11-23(30)28-20-7-9-21(10-8-20)31-24-15-22(26-16-27-24)29-13-12-25-18(29)2/h3-5,7-10,12-16H,6,11H2,1-2H3,(H,28,30). The van der Waals surface area contributed by atoms with Gasteiger partial charge in [0.25, 0.3) is 0 Å². The van der Waals surface area contributed by atoms with Crippen molar-refractivity contribution in [2.75, 3.05) is 5.32 Å². The highest BCUT2D eigenvalue weighted by Crippen LogP contribution is 2.23. The van der Waals surface area contributed by atoms with Crippen LogP contribution in [0.1, 0.15) is 23.4 Å². The van der Waals surface area contributed by atoms with E-state index in [1.165, 1.54) is 11.9 Å². The van der Waals surface area contributed by atoms with Crippen molar-refractivity contribution in [2.45, 2.75) is 26.7 Å². The molecule has 4 aromatic rings. The number of hydrogen-bond acceptors (Lipinski definition) is 5. The molecule has 0 aliphatic carbocycles. The Bertz CT molecular complexity index is 1180. The molecule has 1 N–H and O–H groups in total. The van der Waals surface area contributed by atoms with Crippen molar-refractivity contribution in [2.24, 2.45) is 0 Å². The van der Waals surface area contributed by atoms with Crippen LogP contribution < -0.4 is 10.1 Å². The molecule has 2 aromatic heterocycles. The van der Waals surface area contributed by atoms with Crippen LogP contribution in [-0.2, 0) is 11.2 Å². The summed E-state index contributed by atoms with van der Waals surface area (Å²) < 4.78 is 7.69. The summed E-state index contributed by atoms with van der Waals surface area (Å²) in [5, 5.41) is 2.92. The molecule has 0 fully saturated rings. The Hall–Kier alpha value is -4.00. The van der Waals surface area contributed by atoms with Gasteiger partial charge in [0.2, 0.25) is 11.8 Å². The summed E-state index contributed by atoms with van der Waals surface area (Å²) in [5.41, 5.74) is 3.08. The van der Waals surface area contributed by atoms with Gasteiger partial charge in [0.1, 0.15) is 23.7 Å². The highest BCUT2D eigenvalue weighted by Gasteiger charge is 2.07. The highest BCUT2D eigenvalue weighted by molar-refractivity contribution is 5.90. The van der Waals surface area contributed by atoms with Crippen molar-refractivity contribution in [1.29, 1.82) is 0 Å². The van der Waals surface area contributed by atoms with E-state index in [0.717, 1.165) is 17.1 Å². The summed E-state index contributed by atoms with van der Waals surface area (Å²) in [5.74, 6) is 2.52. The zero-order valence-electron chi connectivity index (χ0n) is 17.4. The summed E-state index contributed by atoms with van der Waals surface area (Å²) in [6, 6.07) is 17.2. The van der Waals surface area contributed by atoms with Crippen molar-refractivity contribution in [3.63, 3.8) is 0 Å². The molecular formula is C24H23N5O2. The van der Waals surface area contributed by atoms with Crippen LogP contribution in [0.3, 0.4) is 0 Å². The number of carbonyl (C=O) groups excluding carboxylic acids is 1. The van der Waals surface area contributed by atoms with Gasteiger partial charge in [-0.1, -0.05) is 29.8 Å². The van der Waals surface area contributed by atoms with Crippen molar-refractivity contribution in [1.82, 2.24) is 19.5 Å². The van der Waals surface area contributed by atoms with Gasteiger partial charge < -0.3 is 10.1 Å². The van der Waals surface area contributed by atoms with Gasteiger partial charge in [0.05, 0.1) is 0 Å². The second-order valence-corrected chi connectivity index (χ2v) is 7.22. The van der Waals surface area contributed by atoms with Crippen LogP contribution in [0.2, 0.25) is 0 Å². The van der Waals surface area contributed by atoms with Crippen LogP contribution in [0.5, 0.6) is 11.6 Å². The first kappa shape index (κ1) is 20.3. The van der Waals surface area contributed by atoms with Gasteiger partial charge >= 0.3 is 0 Å². The first-order chi connectivity index (χ1) is 15.1. The SMILES string of the molecule is Cc1cccc(CCC(=O)Nc2ccc(Oc3cc(-n4ccnc4C)ncn3)cc2)c1. The Labute approximate surface area is 180 Å². The molecule has 31 heavy (non-hydrogen) atoms. The predicted molar refractivity (Wildman–Crippen MR) is 119 cm³/mol. The van der Waals surface area contributed by atoms with Gasteiger partial charge in [-0.25, -0.2) is 15.0 Å². The number of hydrogen-bond donors (Lipinski definition) is 1. The number of amides is 1. The normalized spacial score (nSPS) is 10.6. The quantitative estimate of drug-likeness (QED) is 0.477. The van der Waals surface area contributed by atoms with Gasteiger partial charge in [-0.05, 0) is 50.1 Å². The summed E-state index contributed by atoms with van der Waals surface area (Å²) >= 11 is 0. The number of benzene rings is 2. The Morgan fingerprint density at radius 3 is 2.61 bits per heavy atom. The molecular weight excluding hydrogens is 390 g/mol. The summed E-state index contributed by atoms with van der Waals surface area (Å²) in [6.07, 6.45) is 6.14. The lowest BCUT2D eigenvalue weighted by atomic mass is 10.1. The number of ether oxygens (including phenoxy) is 1. The molecule has 156 valence electrons. The molecule has 0 spiro atoms. The molecule has 2 heterocycles. The minimum Gasteiger partial charge on any atom is -0.439 e. The molecule has 7 heteroatoms. The van der Waals surface area contributed by atoms with E-state index >= 15 is 0 Å². The number of nitrogens with one attached hydrogen (secondary N) is 1. The average molecular weight is 413 g/mol. The molecule has 0 radical (unpaired) electrons. The fourth-order valence-electron chi connectivity index (χ4n) is 3.21. The lowest BCUT2D eigenvalue weighted by Gasteiger charge is -2.09. The van der Waals surface area contributed by atoms with Gasteiger partial charge in [-0.15, -0.1) is 0 Å². The Morgan fingerprint density at radius 1 is 1.03 bits per heavy atom. The van der Waals surface area contributed by atoms with E-state index in [9.17, 15) is 4.79 Å². The molecule has 7 nitrogen and oxygen atoms in total. The average Bonchev–Trinajstić information content (AvgIpc) is 3.20. The molecule has 1 amide bonds. The van der Waals surface area contributed by atoms with Crippen LogP contribution in [0, 0.1) is 13.8 Å². The zero-order valence-corrected chi connectivity index (χ0v) is 17.4. The van der Waals surface area contributed by atoms with Crippen molar-refractivity contribution in [3.8, 4) is 17.4 Å². The van der Waals surface area contributed by atoms with Gasteiger partial charge in [-0.3, -0.25) is 9.36 Å². The molecule has 0 unspecified atom stereocenters. The number of nitrogens with zero attached hydrogens (tertiary/aromatic N) is 4. The Morgan fingerprint density at radius 2 is 1.87 bits per heavy atom. The number of carbonyl (C=O) groups is 1. The second-order valence-electron chi connectivity index (χ2n) is 7.22. The van der Waals surface area contributed by atoms with E-state index in [1.54, 1.807) is 24.4 Å². The summed E-state index contributed by atoms with van der Waals surface area (Å²) in [6.45, 7) is 3.95. The van der Waals surface area contributed by atoms with Gasteiger partial charge in [-0.2, -0.15) is 0 Å². The minimum absolute atomic E-state index is 0.0219. The first-order valence-electron chi connectivity index (χ1n) is 10.0. The van der Waals surface area contributed by atoms with Crippen molar-refractivity contribution >= 4 is 11.6 Å². The van der Waals surface area contributed by atoms with E-state index in [0.29, 0.717) is 30.3 Å². The van der Waals surface area contributed by atoms with Crippen LogP contribution in [0.15, 0.2) is 73.3 Å². The van der Waals surface area contributed by atoms with E-state index in [-0.39, 0.29) is 5.91 Å². The zero-order chi connectivity index (χ0) is 21.6. The molecule has 0 saturated heterocycles. The number of rotatable bonds is 7. The maximum atomic E-state index is 12.3. The fraction of sp³-hybridized carbons (Fsp3) is 0.167. The predicted octanol–water partition coefficient (Wildman–Crippen LogP) is 4.64. The number of aryl methyl sites for hydroxylation is 3. The Kier molecular flexibility index (Phi) is 6.03. The molecule has 0 atom stereocenters. The maximum absolute atomic E-state index is 12.3. The smallest absolute Gasteiger partial charge is 0.224 e. The fourth-order valence-corrected chi connectivity index (χ4v) is 3.21. The molecule has 0 saturated carbocycles. The molecule has 0 aliphatic rings. The van der Waals surface area contributed by atoms with E-state index in [1.807, 2.05) is 54.9 Å². The van der Waals surface area contributed by atoms with Crippen molar-refractivity contribution in [3.05, 3.63) is 90.3 Å². The first-order valence-corrected chi connectivity index (χ1v) is 10.0. The van der Waals surface area contributed by atoms with Crippen LogP contribution in [-0.4, -0.2) is 25.4 Å². The molecule has 4 rings (SSSR count). The summed E-state index contributed by atoms with van der Waals surface area (Å²) in [4.78, 5) is 24.9. The lowest BCUT2D eigenvalue weighted by molar-refractivity contribution is -0.116. The number of imidazole rings is 1. The highest BCUT2D eigenvalue weighted by atomic mass is 16.5. The molecule has 2 aromatic carbocycles. The monoisotopic (exact) mass is 413 g/mol. The largest absolute Gasteiger partial charge is 0.439 e. The van der Waals surface area contributed by atoms with Crippen LogP contribution in [0.4, 0.5) is 5.69 Å². The van der Waals surface area contributed by atoms with Crippen LogP contribution >= 0.6 is 0 Å². The topological polar surface area (TPSA) is 81.9 Å². The molecule has 0 aliphatic heterocycles. The lowest BCUT2D eigenvalue weighted by Crippen LogP contribution is -2.12. The minimum atomic E-state index is -0.0219. The molecule has 0 bridgehead atoms. The van der Waals surface area contributed by atoms with Crippen LogP contribution in [0.25, 0.3) is 5.82 Å². The van der Waals surface area contributed by atoms with E-state index < -0.39 is 0 Å². The third kappa shape index (κ3) is 5.33. The Balaban J connectivity index is 1.34. The summed E-state index contributed by atoms with van der Waals surface area (Å²) in [7, 11) is 0.